The number of carbonyl (C=O) groups excluding carboxylic acids is 1. The number of nitrogen functional groups attached to an aromatic ring is 1. The van der Waals surface area contributed by atoms with Gasteiger partial charge < -0.3 is 11.1 Å². The molecule has 0 atom stereocenters. The van der Waals surface area contributed by atoms with Gasteiger partial charge in [0.1, 0.15) is 5.82 Å². The fourth-order valence-corrected chi connectivity index (χ4v) is 1.69. The van der Waals surface area contributed by atoms with Gasteiger partial charge in [0.2, 0.25) is 0 Å². The van der Waals surface area contributed by atoms with Crippen molar-refractivity contribution >= 4 is 17.4 Å². The summed E-state index contributed by atoms with van der Waals surface area (Å²) in [6, 6.07) is 5.21. The van der Waals surface area contributed by atoms with Crippen molar-refractivity contribution in [2.24, 2.45) is 0 Å². The maximum Gasteiger partial charge on any atom is 0.256 e. The Morgan fingerprint density at radius 2 is 2.28 bits per heavy atom. The van der Waals surface area contributed by atoms with Crippen LogP contribution in [0, 0.1) is 6.92 Å². The van der Waals surface area contributed by atoms with Crippen LogP contribution < -0.4 is 11.1 Å². The highest BCUT2D eigenvalue weighted by Crippen LogP contribution is 2.16. The number of aromatic nitrogens is 2. The molecule has 0 fully saturated rings. The SMILES string of the molecule is CCc1cn[nH]c1NC(=O)c1ccc(N)c(C)c1. The largest absolute Gasteiger partial charge is 0.399 e. The molecular formula is C13H16N4O. The molecule has 0 saturated heterocycles. The van der Waals surface area contributed by atoms with Crippen LogP contribution in [0.2, 0.25) is 0 Å². The number of benzene rings is 1. The van der Waals surface area contributed by atoms with Gasteiger partial charge in [-0.15, -0.1) is 0 Å². The number of aromatic amines is 1. The summed E-state index contributed by atoms with van der Waals surface area (Å²) in [4.78, 5) is 12.0. The van der Waals surface area contributed by atoms with Gasteiger partial charge in [-0.2, -0.15) is 5.10 Å². The van der Waals surface area contributed by atoms with Crippen LogP contribution in [-0.4, -0.2) is 16.1 Å². The average molecular weight is 244 g/mol. The lowest BCUT2D eigenvalue weighted by Gasteiger charge is -2.06. The zero-order valence-corrected chi connectivity index (χ0v) is 10.4. The maximum absolute atomic E-state index is 12.0. The summed E-state index contributed by atoms with van der Waals surface area (Å²) in [6.45, 7) is 3.88. The fraction of sp³-hybridized carbons (Fsp3) is 0.231. The molecule has 2 rings (SSSR count). The Labute approximate surface area is 105 Å². The van der Waals surface area contributed by atoms with Crippen molar-refractivity contribution in [1.29, 1.82) is 0 Å². The van der Waals surface area contributed by atoms with E-state index >= 15 is 0 Å². The Hall–Kier alpha value is -2.30. The van der Waals surface area contributed by atoms with Gasteiger partial charge in [0.15, 0.2) is 0 Å². The van der Waals surface area contributed by atoms with E-state index in [0.29, 0.717) is 17.1 Å². The van der Waals surface area contributed by atoms with Crippen LogP contribution in [0.15, 0.2) is 24.4 Å². The second kappa shape index (κ2) is 4.91. The first kappa shape index (κ1) is 12.2. The number of carbonyl (C=O) groups is 1. The molecule has 2 aromatic rings. The van der Waals surface area contributed by atoms with E-state index in [2.05, 4.69) is 15.5 Å². The summed E-state index contributed by atoms with van der Waals surface area (Å²) in [5, 5.41) is 9.49. The van der Waals surface area contributed by atoms with E-state index in [9.17, 15) is 4.79 Å². The van der Waals surface area contributed by atoms with Crippen molar-refractivity contribution in [2.45, 2.75) is 20.3 Å². The van der Waals surface area contributed by atoms with E-state index in [1.165, 1.54) is 0 Å². The van der Waals surface area contributed by atoms with Crippen LogP contribution in [0.1, 0.15) is 28.4 Å². The summed E-state index contributed by atoms with van der Waals surface area (Å²) in [5.74, 6) is 0.481. The number of H-pyrrole nitrogens is 1. The van der Waals surface area contributed by atoms with Gasteiger partial charge in [-0.25, -0.2) is 0 Å². The highest BCUT2D eigenvalue weighted by molar-refractivity contribution is 6.04. The maximum atomic E-state index is 12.0. The number of amides is 1. The zero-order valence-electron chi connectivity index (χ0n) is 10.4. The van der Waals surface area contributed by atoms with Gasteiger partial charge in [-0.1, -0.05) is 6.92 Å². The fourth-order valence-electron chi connectivity index (χ4n) is 1.69. The van der Waals surface area contributed by atoms with E-state index in [1.807, 2.05) is 13.8 Å². The molecule has 0 aliphatic heterocycles. The molecule has 1 amide bonds. The van der Waals surface area contributed by atoms with Crippen LogP contribution in [0.5, 0.6) is 0 Å². The molecule has 5 heteroatoms. The summed E-state index contributed by atoms with van der Waals surface area (Å²) in [6.07, 6.45) is 2.52. The molecule has 0 unspecified atom stereocenters. The van der Waals surface area contributed by atoms with Crippen LogP contribution in [-0.2, 0) is 6.42 Å². The zero-order chi connectivity index (χ0) is 13.1. The third-order valence-electron chi connectivity index (χ3n) is 2.87. The average Bonchev–Trinajstić information content (AvgIpc) is 2.79. The molecule has 4 N–H and O–H groups in total. The molecule has 18 heavy (non-hydrogen) atoms. The van der Waals surface area contributed by atoms with E-state index in [0.717, 1.165) is 17.5 Å². The van der Waals surface area contributed by atoms with Crippen LogP contribution in [0.25, 0.3) is 0 Å². The minimum absolute atomic E-state index is 0.169. The lowest BCUT2D eigenvalue weighted by molar-refractivity contribution is 0.102. The van der Waals surface area contributed by atoms with Crippen molar-refractivity contribution in [3.63, 3.8) is 0 Å². The Bertz CT molecular complexity index is 574. The first-order valence-corrected chi connectivity index (χ1v) is 5.81. The van der Waals surface area contributed by atoms with E-state index in [-0.39, 0.29) is 5.91 Å². The lowest BCUT2D eigenvalue weighted by Crippen LogP contribution is -2.13. The summed E-state index contributed by atoms with van der Waals surface area (Å²) in [5.41, 5.74) is 8.86. The molecule has 0 aliphatic rings. The molecule has 0 saturated carbocycles. The molecule has 0 aliphatic carbocycles. The standard InChI is InChI=1S/C13H16N4O/c1-3-9-7-15-17-12(9)16-13(18)10-4-5-11(14)8(2)6-10/h4-7H,3,14H2,1-2H3,(H2,15,16,17,18). The number of aryl methyl sites for hydroxylation is 2. The molecule has 0 bridgehead atoms. The molecule has 1 aromatic heterocycles. The van der Waals surface area contributed by atoms with Gasteiger partial charge in [0.05, 0.1) is 6.20 Å². The van der Waals surface area contributed by atoms with Crippen LogP contribution >= 0.6 is 0 Å². The van der Waals surface area contributed by atoms with Crippen LogP contribution in [0.3, 0.4) is 0 Å². The monoisotopic (exact) mass is 244 g/mol. The third-order valence-corrected chi connectivity index (χ3v) is 2.87. The molecule has 5 nitrogen and oxygen atoms in total. The number of nitrogens with two attached hydrogens (primary N) is 1. The number of rotatable bonds is 3. The number of nitrogens with one attached hydrogen (secondary N) is 2. The highest BCUT2D eigenvalue weighted by Gasteiger charge is 2.10. The summed E-state index contributed by atoms with van der Waals surface area (Å²) < 4.78 is 0. The normalized spacial score (nSPS) is 10.3. The highest BCUT2D eigenvalue weighted by atomic mass is 16.1. The van der Waals surface area contributed by atoms with E-state index in [1.54, 1.807) is 24.4 Å². The second-order valence-corrected chi connectivity index (χ2v) is 4.15. The Balaban J connectivity index is 2.19. The Kier molecular flexibility index (Phi) is 3.32. The predicted octanol–water partition coefficient (Wildman–Crippen LogP) is 2.12. The van der Waals surface area contributed by atoms with E-state index < -0.39 is 0 Å². The van der Waals surface area contributed by atoms with E-state index in [4.69, 9.17) is 5.73 Å². The first-order chi connectivity index (χ1) is 8.61. The number of hydrogen-bond donors (Lipinski definition) is 3. The molecule has 1 heterocycles. The first-order valence-electron chi connectivity index (χ1n) is 5.81. The molecule has 0 spiro atoms. The summed E-state index contributed by atoms with van der Waals surface area (Å²) in [7, 11) is 0. The second-order valence-electron chi connectivity index (χ2n) is 4.15. The summed E-state index contributed by atoms with van der Waals surface area (Å²) >= 11 is 0. The molecular weight excluding hydrogens is 228 g/mol. The number of anilines is 2. The lowest BCUT2D eigenvalue weighted by atomic mass is 10.1. The van der Waals surface area contributed by atoms with Crippen molar-refractivity contribution in [1.82, 2.24) is 10.2 Å². The van der Waals surface area contributed by atoms with Crippen molar-refractivity contribution in [3.05, 3.63) is 41.1 Å². The van der Waals surface area contributed by atoms with Gasteiger partial charge in [0.25, 0.3) is 5.91 Å². The topological polar surface area (TPSA) is 83.8 Å². The van der Waals surface area contributed by atoms with Gasteiger partial charge in [-0.3, -0.25) is 9.89 Å². The Morgan fingerprint density at radius 3 is 2.94 bits per heavy atom. The smallest absolute Gasteiger partial charge is 0.256 e. The van der Waals surface area contributed by atoms with Crippen molar-refractivity contribution in [3.8, 4) is 0 Å². The minimum atomic E-state index is -0.169. The van der Waals surface area contributed by atoms with Gasteiger partial charge in [-0.05, 0) is 37.1 Å². The molecule has 1 aromatic carbocycles. The number of nitrogens with zero attached hydrogens (tertiary/aromatic N) is 1. The van der Waals surface area contributed by atoms with Gasteiger partial charge >= 0.3 is 0 Å². The Morgan fingerprint density at radius 1 is 1.50 bits per heavy atom. The molecule has 94 valence electrons. The number of hydrogen-bond acceptors (Lipinski definition) is 3. The van der Waals surface area contributed by atoms with Crippen LogP contribution in [0.4, 0.5) is 11.5 Å². The third kappa shape index (κ3) is 2.34. The minimum Gasteiger partial charge on any atom is -0.399 e. The predicted molar refractivity (Wildman–Crippen MR) is 71.5 cm³/mol. The van der Waals surface area contributed by atoms with Crippen molar-refractivity contribution in [2.75, 3.05) is 11.1 Å². The van der Waals surface area contributed by atoms with Crippen molar-refractivity contribution < 1.29 is 4.79 Å². The molecule has 0 radical (unpaired) electrons. The quantitative estimate of drug-likeness (QED) is 0.723. The van der Waals surface area contributed by atoms with Gasteiger partial charge in [0, 0.05) is 16.8 Å².